The summed E-state index contributed by atoms with van der Waals surface area (Å²) in [6.45, 7) is 0.120. The third kappa shape index (κ3) is 5.31. The highest BCUT2D eigenvalue weighted by Gasteiger charge is 2.13. The monoisotopic (exact) mass is 336 g/mol. The van der Waals surface area contributed by atoms with Crippen LogP contribution in [0.4, 0.5) is 9.93 Å². The molecule has 0 spiro atoms. The van der Waals surface area contributed by atoms with Gasteiger partial charge in [-0.1, -0.05) is 6.07 Å². The second kappa shape index (κ2) is 8.20. The van der Waals surface area contributed by atoms with Crippen LogP contribution in [0.1, 0.15) is 11.3 Å². The van der Waals surface area contributed by atoms with Crippen molar-refractivity contribution >= 4 is 28.5 Å². The highest BCUT2D eigenvalue weighted by Crippen LogP contribution is 2.16. The number of ether oxygens (including phenoxy) is 1. The summed E-state index contributed by atoms with van der Waals surface area (Å²) in [4.78, 5) is 36.2. The number of hydrogen-bond acceptors (Lipinski definition) is 7. The fourth-order valence-electron chi connectivity index (χ4n) is 1.57. The van der Waals surface area contributed by atoms with Gasteiger partial charge in [0, 0.05) is 30.4 Å². The molecule has 0 aliphatic heterocycles. The fourth-order valence-corrected chi connectivity index (χ4v) is 2.27. The molecule has 0 unspecified atom stereocenters. The van der Waals surface area contributed by atoms with Crippen LogP contribution in [0.5, 0.6) is 0 Å². The zero-order chi connectivity index (χ0) is 16.7. The molecule has 122 valence electrons. The quantitative estimate of drug-likeness (QED) is 0.809. The smallest absolute Gasteiger partial charge is 0.413 e. The summed E-state index contributed by atoms with van der Waals surface area (Å²) in [7, 11) is 2.92. The minimum Gasteiger partial charge on any atom is -0.444 e. The van der Waals surface area contributed by atoms with E-state index in [2.05, 4.69) is 15.3 Å². The number of carbonyl (C=O) groups excluding carboxylic acids is 2. The number of hydrogen-bond donors (Lipinski definition) is 1. The Bertz CT molecular complexity index is 662. The van der Waals surface area contributed by atoms with E-state index in [-0.39, 0.29) is 18.9 Å². The van der Waals surface area contributed by atoms with Crippen molar-refractivity contribution in [2.24, 2.45) is 0 Å². The van der Waals surface area contributed by atoms with Crippen LogP contribution >= 0.6 is 11.3 Å². The van der Waals surface area contributed by atoms with Gasteiger partial charge in [0.1, 0.15) is 6.61 Å². The topological polar surface area (TPSA) is 93.7 Å². The van der Waals surface area contributed by atoms with Gasteiger partial charge in [-0.2, -0.15) is 0 Å². The lowest BCUT2D eigenvalue weighted by Gasteiger charge is -2.12. The lowest BCUT2D eigenvalue weighted by molar-refractivity contribution is -0.167. The van der Waals surface area contributed by atoms with Gasteiger partial charge < -0.3 is 4.74 Å². The first-order valence-corrected chi connectivity index (χ1v) is 7.54. The summed E-state index contributed by atoms with van der Waals surface area (Å²) in [5.41, 5.74) is 1.34. The van der Waals surface area contributed by atoms with Crippen LogP contribution in [-0.2, 0) is 27.4 Å². The molecule has 0 bridgehead atoms. The number of aromatic nitrogens is 2. The second-order valence-corrected chi connectivity index (χ2v) is 5.32. The number of nitrogens with zero attached hydrogens (tertiary/aromatic N) is 3. The predicted octanol–water partition coefficient (Wildman–Crippen LogP) is 1.85. The van der Waals surface area contributed by atoms with Gasteiger partial charge in [-0.3, -0.25) is 19.9 Å². The van der Waals surface area contributed by atoms with Gasteiger partial charge in [-0.05, 0) is 6.07 Å². The molecule has 9 heteroatoms. The van der Waals surface area contributed by atoms with E-state index in [4.69, 9.17) is 9.57 Å². The van der Waals surface area contributed by atoms with Gasteiger partial charge in [-0.25, -0.2) is 14.8 Å². The van der Waals surface area contributed by atoms with Crippen LogP contribution in [0.3, 0.4) is 0 Å². The maximum atomic E-state index is 11.7. The number of likely N-dealkylation sites (N-methyl/N-ethyl adjacent to an activating group) is 1. The van der Waals surface area contributed by atoms with Gasteiger partial charge in [0.25, 0.3) is 5.91 Å². The number of anilines is 1. The molecule has 0 fully saturated rings. The summed E-state index contributed by atoms with van der Waals surface area (Å²) < 4.78 is 5.06. The van der Waals surface area contributed by atoms with E-state index in [9.17, 15) is 9.59 Å². The first-order chi connectivity index (χ1) is 11.1. The zero-order valence-corrected chi connectivity index (χ0v) is 13.5. The number of rotatable bonds is 6. The Morgan fingerprint density at radius 2 is 2.26 bits per heavy atom. The van der Waals surface area contributed by atoms with Crippen LogP contribution < -0.4 is 5.32 Å². The zero-order valence-electron chi connectivity index (χ0n) is 12.7. The van der Waals surface area contributed by atoms with Gasteiger partial charge >= 0.3 is 6.09 Å². The Morgan fingerprint density at radius 1 is 1.43 bits per heavy atom. The SMILES string of the molecule is CON(C)C(=O)Cc1csc(NC(=O)OCc2cccnc2)n1. The molecular weight excluding hydrogens is 320 g/mol. The van der Waals surface area contributed by atoms with Crippen molar-refractivity contribution in [3.63, 3.8) is 0 Å². The molecule has 0 saturated carbocycles. The Kier molecular flexibility index (Phi) is 6.01. The summed E-state index contributed by atoms with van der Waals surface area (Å²) in [6, 6.07) is 3.57. The molecule has 0 atom stereocenters. The molecule has 2 aromatic rings. The highest BCUT2D eigenvalue weighted by molar-refractivity contribution is 7.13. The molecule has 2 aromatic heterocycles. The average Bonchev–Trinajstić information content (AvgIpc) is 3.00. The molecule has 0 aliphatic carbocycles. The van der Waals surface area contributed by atoms with E-state index >= 15 is 0 Å². The maximum Gasteiger partial charge on any atom is 0.413 e. The predicted molar refractivity (Wildman–Crippen MR) is 83.6 cm³/mol. The molecule has 8 nitrogen and oxygen atoms in total. The summed E-state index contributed by atoms with van der Waals surface area (Å²) in [5.74, 6) is -0.233. The number of pyridine rings is 1. The first kappa shape index (κ1) is 16.8. The maximum absolute atomic E-state index is 11.7. The van der Waals surface area contributed by atoms with Crippen molar-refractivity contribution in [1.82, 2.24) is 15.0 Å². The van der Waals surface area contributed by atoms with Crippen molar-refractivity contribution in [3.05, 3.63) is 41.2 Å². The molecule has 2 heterocycles. The molecule has 2 rings (SSSR count). The third-order valence-corrected chi connectivity index (χ3v) is 3.62. The molecule has 0 aliphatic rings. The van der Waals surface area contributed by atoms with Crippen molar-refractivity contribution in [3.8, 4) is 0 Å². The molecule has 2 amide bonds. The van der Waals surface area contributed by atoms with Gasteiger partial charge in [0.15, 0.2) is 5.13 Å². The van der Waals surface area contributed by atoms with Crippen LogP contribution in [0, 0.1) is 0 Å². The van der Waals surface area contributed by atoms with Crippen LogP contribution in [0.25, 0.3) is 0 Å². The minimum atomic E-state index is -0.616. The largest absolute Gasteiger partial charge is 0.444 e. The first-order valence-electron chi connectivity index (χ1n) is 6.66. The molecule has 0 saturated heterocycles. The van der Waals surface area contributed by atoms with E-state index in [1.807, 2.05) is 0 Å². The van der Waals surface area contributed by atoms with Crippen LogP contribution in [0.15, 0.2) is 29.9 Å². The Hall–Kier alpha value is -2.52. The van der Waals surface area contributed by atoms with Crippen molar-refractivity contribution in [2.45, 2.75) is 13.0 Å². The highest BCUT2D eigenvalue weighted by atomic mass is 32.1. The van der Waals surface area contributed by atoms with Gasteiger partial charge in [-0.15, -0.1) is 11.3 Å². The minimum absolute atomic E-state index is 0.0905. The normalized spacial score (nSPS) is 10.2. The number of thiazole rings is 1. The Labute approximate surface area is 137 Å². The molecule has 1 N–H and O–H groups in total. The lowest BCUT2D eigenvalue weighted by Crippen LogP contribution is -2.27. The van der Waals surface area contributed by atoms with Crippen LogP contribution in [-0.4, -0.2) is 41.2 Å². The third-order valence-electron chi connectivity index (χ3n) is 2.81. The van der Waals surface area contributed by atoms with E-state index in [0.29, 0.717) is 10.8 Å². The van der Waals surface area contributed by atoms with E-state index in [1.165, 1.54) is 25.5 Å². The van der Waals surface area contributed by atoms with E-state index < -0.39 is 6.09 Å². The Balaban J connectivity index is 1.81. The van der Waals surface area contributed by atoms with E-state index in [1.54, 1.807) is 29.9 Å². The molecule has 23 heavy (non-hydrogen) atoms. The summed E-state index contributed by atoms with van der Waals surface area (Å²) in [6.07, 6.45) is 2.73. The summed E-state index contributed by atoms with van der Waals surface area (Å²) >= 11 is 1.21. The van der Waals surface area contributed by atoms with Crippen molar-refractivity contribution in [2.75, 3.05) is 19.5 Å². The number of nitrogens with one attached hydrogen (secondary N) is 1. The average molecular weight is 336 g/mol. The number of hydroxylamine groups is 2. The standard InChI is InChI=1S/C14H16N4O4S/c1-18(21-2)12(19)6-11-9-23-13(16-11)17-14(20)22-8-10-4-3-5-15-7-10/h3-5,7,9H,6,8H2,1-2H3,(H,16,17,20). The van der Waals surface area contributed by atoms with Crippen LogP contribution in [0.2, 0.25) is 0 Å². The van der Waals surface area contributed by atoms with Gasteiger partial charge in [0.05, 0.1) is 19.2 Å². The Morgan fingerprint density at radius 3 is 2.96 bits per heavy atom. The van der Waals surface area contributed by atoms with Gasteiger partial charge in [0.2, 0.25) is 0 Å². The molecule has 0 radical (unpaired) electrons. The second-order valence-electron chi connectivity index (χ2n) is 4.46. The summed E-state index contributed by atoms with van der Waals surface area (Å²) in [5, 5.41) is 5.70. The lowest BCUT2D eigenvalue weighted by atomic mass is 10.3. The number of carbonyl (C=O) groups is 2. The molecular formula is C14H16N4O4S. The number of amides is 2. The van der Waals surface area contributed by atoms with Crippen molar-refractivity contribution < 1.29 is 19.2 Å². The molecule has 0 aromatic carbocycles. The van der Waals surface area contributed by atoms with Crippen molar-refractivity contribution in [1.29, 1.82) is 0 Å². The fraction of sp³-hybridized carbons (Fsp3) is 0.286. The van der Waals surface area contributed by atoms with E-state index in [0.717, 1.165) is 10.6 Å².